The Labute approximate surface area is 93.0 Å². The number of para-hydroxylation sites is 1. The Kier molecular flexibility index (Phi) is 2.15. The molecule has 82 valence electrons. The first-order valence-corrected chi connectivity index (χ1v) is 5.24. The number of hydrogen-bond acceptors (Lipinski definition) is 3. The van der Waals surface area contributed by atoms with Crippen LogP contribution in [0.4, 0.5) is 4.79 Å². The molecule has 3 rings (SSSR count). The summed E-state index contributed by atoms with van der Waals surface area (Å²) in [5, 5.41) is 1.30. The maximum absolute atomic E-state index is 11.7. The third-order valence-corrected chi connectivity index (χ3v) is 2.70. The van der Waals surface area contributed by atoms with Crippen LogP contribution in [0, 0.1) is 0 Å². The topological polar surface area (TPSA) is 38.8 Å². The van der Waals surface area contributed by atoms with E-state index in [1.54, 1.807) is 12.1 Å². The van der Waals surface area contributed by atoms with Gasteiger partial charge in [-0.15, -0.1) is 0 Å². The van der Waals surface area contributed by atoms with Crippen molar-refractivity contribution in [3.8, 4) is 5.75 Å². The van der Waals surface area contributed by atoms with Crippen LogP contribution in [0.2, 0.25) is 0 Å². The van der Waals surface area contributed by atoms with Gasteiger partial charge < -0.3 is 4.74 Å². The van der Waals surface area contributed by atoms with Crippen LogP contribution < -0.4 is 4.74 Å². The average molecular weight is 217 g/mol. The van der Waals surface area contributed by atoms with Gasteiger partial charge in [0, 0.05) is 6.42 Å². The van der Waals surface area contributed by atoms with Crippen molar-refractivity contribution < 1.29 is 14.4 Å². The van der Waals surface area contributed by atoms with Crippen molar-refractivity contribution in [1.82, 2.24) is 5.06 Å². The molecule has 0 N–H and O–H groups in total. The van der Waals surface area contributed by atoms with E-state index in [9.17, 15) is 4.79 Å². The molecule has 2 atom stereocenters. The first-order valence-electron chi connectivity index (χ1n) is 5.24. The monoisotopic (exact) mass is 217 g/mol. The third kappa shape index (κ3) is 1.57. The summed E-state index contributed by atoms with van der Waals surface area (Å²) in [6, 6.07) is 9.01. The number of amides is 1. The van der Waals surface area contributed by atoms with Crippen molar-refractivity contribution in [2.24, 2.45) is 0 Å². The van der Waals surface area contributed by atoms with Gasteiger partial charge in [-0.25, -0.2) is 4.79 Å². The summed E-state index contributed by atoms with van der Waals surface area (Å²) in [4.78, 5) is 17.1. The van der Waals surface area contributed by atoms with Gasteiger partial charge in [0.25, 0.3) is 0 Å². The summed E-state index contributed by atoms with van der Waals surface area (Å²) in [7, 11) is 0. The van der Waals surface area contributed by atoms with E-state index in [0.29, 0.717) is 5.75 Å². The largest absolute Gasteiger partial charge is 0.440 e. The van der Waals surface area contributed by atoms with Crippen LogP contribution in [0.5, 0.6) is 5.75 Å². The molecule has 1 amide bonds. The zero-order valence-corrected chi connectivity index (χ0v) is 8.58. The number of hydrogen-bond donors (Lipinski definition) is 0. The van der Waals surface area contributed by atoms with Crippen LogP contribution in [0.1, 0.15) is 6.42 Å². The van der Waals surface area contributed by atoms with E-state index in [1.807, 2.05) is 30.4 Å². The lowest BCUT2D eigenvalue weighted by atomic mass is 10.3. The normalized spacial score (nSPS) is 26.1. The zero-order valence-electron chi connectivity index (χ0n) is 8.58. The molecule has 4 heteroatoms. The minimum atomic E-state index is -0.456. The van der Waals surface area contributed by atoms with E-state index in [0.717, 1.165) is 6.42 Å². The molecule has 16 heavy (non-hydrogen) atoms. The Balaban J connectivity index is 1.69. The van der Waals surface area contributed by atoms with Crippen molar-refractivity contribution in [1.29, 1.82) is 0 Å². The summed E-state index contributed by atoms with van der Waals surface area (Å²) in [5.74, 6) is 0.530. The molecule has 2 bridgehead atoms. The van der Waals surface area contributed by atoms with Gasteiger partial charge in [0.05, 0.1) is 6.04 Å². The number of carbonyl (C=O) groups is 1. The van der Waals surface area contributed by atoms with Crippen molar-refractivity contribution in [3.05, 3.63) is 42.5 Å². The number of benzene rings is 1. The van der Waals surface area contributed by atoms with Crippen molar-refractivity contribution in [2.45, 2.75) is 18.6 Å². The Morgan fingerprint density at radius 3 is 2.75 bits per heavy atom. The first kappa shape index (κ1) is 9.42. The van der Waals surface area contributed by atoms with E-state index < -0.39 is 6.09 Å². The molecule has 1 heterocycles. The van der Waals surface area contributed by atoms with E-state index in [4.69, 9.17) is 9.57 Å². The lowest BCUT2D eigenvalue weighted by molar-refractivity contribution is -0.119. The molecule has 0 radical (unpaired) electrons. The van der Waals surface area contributed by atoms with E-state index in [-0.39, 0.29) is 12.1 Å². The van der Waals surface area contributed by atoms with Gasteiger partial charge in [-0.3, -0.25) is 4.84 Å². The zero-order chi connectivity index (χ0) is 11.0. The minimum absolute atomic E-state index is 0.0289. The lowest BCUT2D eigenvalue weighted by Crippen LogP contribution is -2.36. The summed E-state index contributed by atoms with van der Waals surface area (Å²) in [5.41, 5.74) is 0. The third-order valence-electron chi connectivity index (χ3n) is 2.70. The molecular formula is C12H11NO3. The smallest absolute Gasteiger partial charge is 0.409 e. The predicted molar refractivity (Wildman–Crippen MR) is 56.7 cm³/mol. The van der Waals surface area contributed by atoms with Crippen LogP contribution in [-0.2, 0) is 4.84 Å². The molecular weight excluding hydrogens is 206 g/mol. The molecule has 4 nitrogen and oxygen atoms in total. The van der Waals surface area contributed by atoms with Crippen molar-refractivity contribution >= 4 is 6.09 Å². The number of rotatable bonds is 1. The molecule has 2 aliphatic rings. The van der Waals surface area contributed by atoms with E-state index >= 15 is 0 Å². The summed E-state index contributed by atoms with van der Waals surface area (Å²) < 4.78 is 5.18. The predicted octanol–water partition coefficient (Wildman–Crippen LogP) is 2.13. The van der Waals surface area contributed by atoms with E-state index in [2.05, 4.69) is 0 Å². The Bertz CT molecular complexity index is 429. The number of nitrogens with zero attached hydrogens (tertiary/aromatic N) is 1. The fraction of sp³-hybridized carbons (Fsp3) is 0.250. The maximum Gasteiger partial charge on any atom is 0.440 e. The molecule has 0 saturated carbocycles. The van der Waals surface area contributed by atoms with Gasteiger partial charge in [-0.2, -0.15) is 5.06 Å². The summed E-state index contributed by atoms with van der Waals surface area (Å²) in [6.45, 7) is 0. The molecule has 1 aliphatic carbocycles. The molecule has 1 aliphatic heterocycles. The second-order valence-corrected chi connectivity index (χ2v) is 3.84. The quantitative estimate of drug-likeness (QED) is 0.676. The SMILES string of the molecule is O=C(Oc1ccccc1)N1O[C@@H]2C=C[C@H]1C2. The molecule has 0 spiro atoms. The number of ether oxygens (including phenoxy) is 1. The second-order valence-electron chi connectivity index (χ2n) is 3.84. The maximum atomic E-state index is 11.7. The molecule has 1 aromatic carbocycles. The number of fused-ring (bicyclic) bond motifs is 2. The molecule has 0 unspecified atom stereocenters. The number of hydroxylamine groups is 2. The summed E-state index contributed by atoms with van der Waals surface area (Å²) in [6.07, 6.45) is 4.36. The molecule has 1 saturated heterocycles. The highest BCUT2D eigenvalue weighted by molar-refractivity contribution is 5.70. The second kappa shape index (κ2) is 3.64. The van der Waals surface area contributed by atoms with Gasteiger partial charge in [-0.1, -0.05) is 30.4 Å². The Morgan fingerprint density at radius 2 is 2.12 bits per heavy atom. The van der Waals surface area contributed by atoms with Gasteiger partial charge in [0.15, 0.2) is 0 Å². The fourth-order valence-electron chi connectivity index (χ4n) is 1.94. The molecule has 1 fully saturated rings. The van der Waals surface area contributed by atoms with Crippen LogP contribution in [0.3, 0.4) is 0 Å². The van der Waals surface area contributed by atoms with Gasteiger partial charge in [0.2, 0.25) is 0 Å². The van der Waals surface area contributed by atoms with Crippen molar-refractivity contribution in [3.63, 3.8) is 0 Å². The highest BCUT2D eigenvalue weighted by atomic mass is 16.7. The Morgan fingerprint density at radius 1 is 1.31 bits per heavy atom. The molecule has 0 aromatic heterocycles. The van der Waals surface area contributed by atoms with Crippen LogP contribution in [-0.4, -0.2) is 23.3 Å². The van der Waals surface area contributed by atoms with Crippen LogP contribution in [0.25, 0.3) is 0 Å². The van der Waals surface area contributed by atoms with Gasteiger partial charge in [-0.05, 0) is 12.1 Å². The minimum Gasteiger partial charge on any atom is -0.409 e. The Hall–Kier alpha value is -1.81. The van der Waals surface area contributed by atoms with Crippen LogP contribution in [0.15, 0.2) is 42.5 Å². The average Bonchev–Trinajstić information content (AvgIpc) is 2.92. The van der Waals surface area contributed by atoms with Crippen molar-refractivity contribution in [2.75, 3.05) is 0 Å². The highest BCUT2D eigenvalue weighted by Crippen LogP contribution is 2.29. The first-order chi connectivity index (χ1) is 7.83. The molecule has 1 aromatic rings. The van der Waals surface area contributed by atoms with Gasteiger partial charge >= 0.3 is 6.09 Å². The highest BCUT2D eigenvalue weighted by Gasteiger charge is 2.39. The fourth-order valence-corrected chi connectivity index (χ4v) is 1.94. The van der Waals surface area contributed by atoms with Crippen LogP contribution >= 0.6 is 0 Å². The van der Waals surface area contributed by atoms with E-state index in [1.165, 1.54) is 5.06 Å². The lowest BCUT2D eigenvalue weighted by Gasteiger charge is -2.21. The summed E-state index contributed by atoms with van der Waals surface area (Å²) >= 11 is 0. The van der Waals surface area contributed by atoms with Gasteiger partial charge in [0.1, 0.15) is 11.9 Å². The standard InChI is InChI=1S/C12H11NO3/c14-12(15-10-4-2-1-3-5-10)13-9-6-7-11(8-9)16-13/h1-7,9,11H,8H2/t9-,11+/m0/s1. The number of carbonyl (C=O) groups excluding carboxylic acids is 1.